The van der Waals surface area contributed by atoms with Crippen LogP contribution in [0.5, 0.6) is 11.6 Å². The van der Waals surface area contributed by atoms with Crippen LogP contribution in [-0.2, 0) is 0 Å². The standard InChI is InChI=1S/C16H13ClN4O/c17-12-8-4-5-9-13(12)21-15-14(18)16(20-10-19-15)22-11-6-2-1-3-7-11/h1-10H,18H2,(H,19,20,21). The Bertz CT molecular complexity index is 780. The number of nitrogens with zero attached hydrogens (tertiary/aromatic N) is 2. The predicted octanol–water partition coefficient (Wildman–Crippen LogP) is 4.25. The highest BCUT2D eigenvalue weighted by atomic mass is 35.5. The fourth-order valence-corrected chi connectivity index (χ4v) is 2.03. The Labute approximate surface area is 132 Å². The second-order valence-electron chi connectivity index (χ2n) is 4.46. The largest absolute Gasteiger partial charge is 0.437 e. The second-order valence-corrected chi connectivity index (χ2v) is 4.87. The molecule has 0 atom stereocenters. The fourth-order valence-electron chi connectivity index (χ4n) is 1.85. The number of hydrogen-bond acceptors (Lipinski definition) is 5. The Balaban J connectivity index is 1.88. The monoisotopic (exact) mass is 312 g/mol. The van der Waals surface area contributed by atoms with Crippen molar-refractivity contribution >= 4 is 28.8 Å². The fraction of sp³-hybridized carbons (Fsp3) is 0. The van der Waals surface area contributed by atoms with E-state index in [4.69, 9.17) is 22.1 Å². The summed E-state index contributed by atoms with van der Waals surface area (Å²) < 4.78 is 5.67. The Hall–Kier alpha value is -2.79. The van der Waals surface area contributed by atoms with Crippen molar-refractivity contribution in [3.63, 3.8) is 0 Å². The molecule has 3 aromatic rings. The minimum absolute atomic E-state index is 0.288. The summed E-state index contributed by atoms with van der Waals surface area (Å²) in [6.07, 6.45) is 1.38. The van der Waals surface area contributed by atoms with Gasteiger partial charge in [0, 0.05) is 0 Å². The first-order valence-electron chi connectivity index (χ1n) is 6.59. The van der Waals surface area contributed by atoms with Crippen molar-refractivity contribution in [2.24, 2.45) is 0 Å². The van der Waals surface area contributed by atoms with Gasteiger partial charge in [0.05, 0.1) is 10.7 Å². The van der Waals surface area contributed by atoms with Gasteiger partial charge in [-0.25, -0.2) is 4.98 Å². The maximum absolute atomic E-state index is 6.12. The highest BCUT2D eigenvalue weighted by molar-refractivity contribution is 6.33. The van der Waals surface area contributed by atoms with E-state index in [0.29, 0.717) is 28.0 Å². The summed E-state index contributed by atoms with van der Waals surface area (Å²) in [6, 6.07) is 16.6. The summed E-state index contributed by atoms with van der Waals surface area (Å²) in [4.78, 5) is 8.20. The van der Waals surface area contributed by atoms with E-state index in [-0.39, 0.29) is 5.88 Å². The van der Waals surface area contributed by atoms with E-state index in [9.17, 15) is 0 Å². The first-order chi connectivity index (χ1) is 10.7. The van der Waals surface area contributed by atoms with Crippen molar-refractivity contribution in [1.29, 1.82) is 0 Å². The molecule has 3 N–H and O–H groups in total. The van der Waals surface area contributed by atoms with Gasteiger partial charge >= 0.3 is 0 Å². The molecule has 0 radical (unpaired) electrons. The molecular weight excluding hydrogens is 300 g/mol. The summed E-state index contributed by atoms with van der Waals surface area (Å²) in [6.45, 7) is 0. The predicted molar refractivity (Wildman–Crippen MR) is 87.7 cm³/mol. The van der Waals surface area contributed by atoms with Crippen LogP contribution in [0.3, 0.4) is 0 Å². The lowest BCUT2D eigenvalue weighted by atomic mass is 10.3. The van der Waals surface area contributed by atoms with Crippen LogP contribution >= 0.6 is 11.6 Å². The minimum Gasteiger partial charge on any atom is -0.437 e. The number of nitrogen functional groups attached to an aromatic ring is 1. The zero-order valence-electron chi connectivity index (χ0n) is 11.5. The number of nitrogens with two attached hydrogens (primary N) is 1. The van der Waals surface area contributed by atoms with E-state index >= 15 is 0 Å². The molecule has 22 heavy (non-hydrogen) atoms. The van der Waals surface area contributed by atoms with Crippen molar-refractivity contribution in [2.75, 3.05) is 11.1 Å². The van der Waals surface area contributed by atoms with Gasteiger partial charge in [-0.3, -0.25) is 0 Å². The number of hydrogen-bond donors (Lipinski definition) is 2. The molecule has 0 bridgehead atoms. The van der Waals surface area contributed by atoms with Crippen LogP contribution in [0.25, 0.3) is 0 Å². The molecule has 0 aliphatic heterocycles. The number of para-hydroxylation sites is 2. The van der Waals surface area contributed by atoms with Crippen LogP contribution in [0.15, 0.2) is 60.9 Å². The van der Waals surface area contributed by atoms with E-state index in [0.717, 1.165) is 0 Å². The number of nitrogens with one attached hydrogen (secondary N) is 1. The Morgan fingerprint density at radius 3 is 2.45 bits per heavy atom. The molecule has 0 fully saturated rings. The Morgan fingerprint density at radius 2 is 1.68 bits per heavy atom. The molecule has 5 nitrogen and oxygen atoms in total. The number of benzene rings is 2. The average molecular weight is 313 g/mol. The molecule has 6 heteroatoms. The summed E-state index contributed by atoms with van der Waals surface area (Å²) in [7, 11) is 0. The van der Waals surface area contributed by atoms with Crippen molar-refractivity contribution in [3.8, 4) is 11.6 Å². The van der Waals surface area contributed by atoms with Crippen molar-refractivity contribution in [3.05, 3.63) is 65.9 Å². The first kappa shape index (κ1) is 14.2. The third kappa shape index (κ3) is 3.10. The molecular formula is C16H13ClN4O. The minimum atomic E-state index is 0.288. The van der Waals surface area contributed by atoms with Gasteiger partial charge in [-0.1, -0.05) is 41.9 Å². The van der Waals surface area contributed by atoms with Crippen LogP contribution < -0.4 is 15.8 Å². The van der Waals surface area contributed by atoms with Crippen LogP contribution in [0, 0.1) is 0 Å². The molecule has 0 aliphatic rings. The summed E-state index contributed by atoms with van der Waals surface area (Å²) in [5, 5.41) is 3.65. The number of rotatable bonds is 4. The highest BCUT2D eigenvalue weighted by Gasteiger charge is 2.11. The van der Waals surface area contributed by atoms with Gasteiger partial charge < -0.3 is 15.8 Å². The average Bonchev–Trinajstić information content (AvgIpc) is 2.54. The lowest BCUT2D eigenvalue weighted by Gasteiger charge is -2.12. The van der Waals surface area contributed by atoms with Crippen LogP contribution in [0.2, 0.25) is 5.02 Å². The molecule has 110 valence electrons. The zero-order chi connectivity index (χ0) is 15.4. The molecule has 2 aromatic carbocycles. The van der Waals surface area contributed by atoms with Crippen molar-refractivity contribution in [2.45, 2.75) is 0 Å². The summed E-state index contributed by atoms with van der Waals surface area (Å²) >= 11 is 6.12. The van der Waals surface area contributed by atoms with Crippen LogP contribution in [0.4, 0.5) is 17.2 Å². The van der Waals surface area contributed by atoms with Gasteiger partial charge in [0.2, 0.25) is 5.88 Å². The molecule has 0 saturated carbocycles. The smallest absolute Gasteiger partial charge is 0.248 e. The van der Waals surface area contributed by atoms with Gasteiger partial charge in [0.1, 0.15) is 17.8 Å². The maximum Gasteiger partial charge on any atom is 0.248 e. The van der Waals surface area contributed by atoms with Gasteiger partial charge in [-0.2, -0.15) is 4.98 Å². The normalized spacial score (nSPS) is 10.2. The van der Waals surface area contributed by atoms with Gasteiger partial charge in [-0.15, -0.1) is 0 Å². The van der Waals surface area contributed by atoms with E-state index in [1.54, 1.807) is 6.07 Å². The first-order valence-corrected chi connectivity index (χ1v) is 6.97. The Kier molecular flexibility index (Phi) is 4.07. The molecule has 0 spiro atoms. The van der Waals surface area contributed by atoms with E-state index in [2.05, 4.69) is 15.3 Å². The number of ether oxygens (including phenoxy) is 1. The lowest BCUT2D eigenvalue weighted by Crippen LogP contribution is -2.03. The molecule has 0 unspecified atom stereocenters. The summed E-state index contributed by atoms with van der Waals surface area (Å²) in [5.41, 5.74) is 7.09. The number of anilines is 3. The van der Waals surface area contributed by atoms with Crippen molar-refractivity contribution < 1.29 is 4.74 Å². The van der Waals surface area contributed by atoms with Gasteiger partial charge in [0.25, 0.3) is 0 Å². The Morgan fingerprint density at radius 1 is 0.955 bits per heavy atom. The third-order valence-electron chi connectivity index (χ3n) is 2.93. The maximum atomic E-state index is 6.12. The molecule has 3 rings (SSSR count). The molecule has 0 saturated heterocycles. The third-order valence-corrected chi connectivity index (χ3v) is 3.26. The molecule has 0 aliphatic carbocycles. The topological polar surface area (TPSA) is 73.1 Å². The van der Waals surface area contributed by atoms with Crippen molar-refractivity contribution in [1.82, 2.24) is 9.97 Å². The SMILES string of the molecule is Nc1c(Nc2ccccc2Cl)ncnc1Oc1ccccc1. The molecule has 0 amide bonds. The van der Waals surface area contributed by atoms with Crippen LogP contribution in [0.1, 0.15) is 0 Å². The number of halogens is 1. The number of aromatic nitrogens is 2. The van der Waals surface area contributed by atoms with Gasteiger partial charge in [-0.05, 0) is 24.3 Å². The highest BCUT2D eigenvalue weighted by Crippen LogP contribution is 2.32. The van der Waals surface area contributed by atoms with Crippen LogP contribution in [-0.4, -0.2) is 9.97 Å². The molecule has 1 heterocycles. The van der Waals surface area contributed by atoms with E-state index in [1.807, 2.05) is 48.5 Å². The lowest BCUT2D eigenvalue weighted by molar-refractivity contribution is 0.464. The quantitative estimate of drug-likeness (QED) is 0.753. The van der Waals surface area contributed by atoms with Gasteiger partial charge in [0.15, 0.2) is 5.82 Å². The zero-order valence-corrected chi connectivity index (χ0v) is 12.3. The van der Waals surface area contributed by atoms with E-state index in [1.165, 1.54) is 6.33 Å². The summed E-state index contributed by atoms with van der Waals surface area (Å²) in [5.74, 6) is 1.38. The molecule has 1 aromatic heterocycles. The second kappa shape index (κ2) is 6.32. The van der Waals surface area contributed by atoms with E-state index < -0.39 is 0 Å².